The van der Waals surface area contributed by atoms with E-state index in [9.17, 15) is 4.79 Å². The Morgan fingerprint density at radius 3 is 2.73 bits per heavy atom. The fraction of sp³-hybridized carbons (Fsp3) is 0.667. The third-order valence-corrected chi connectivity index (χ3v) is 1.50. The second-order valence-corrected chi connectivity index (χ2v) is 2.79. The zero-order valence-corrected chi connectivity index (χ0v) is 7.21. The van der Waals surface area contributed by atoms with E-state index < -0.39 is 5.97 Å². The molecule has 0 saturated heterocycles. The van der Waals surface area contributed by atoms with E-state index in [-0.39, 0.29) is 6.42 Å². The minimum Gasteiger partial charge on any atom is -0.481 e. The topological polar surface area (TPSA) is 37.3 Å². The van der Waals surface area contributed by atoms with Gasteiger partial charge in [0, 0.05) is 0 Å². The van der Waals surface area contributed by atoms with Gasteiger partial charge in [0.25, 0.3) is 0 Å². The van der Waals surface area contributed by atoms with Crippen LogP contribution in [0, 0.1) is 5.92 Å². The Hall–Kier alpha value is -0.790. The Morgan fingerprint density at radius 1 is 1.64 bits per heavy atom. The SMILES string of the molecule is CCC[C@@H](C)C=CCC(=O)O. The van der Waals surface area contributed by atoms with Crippen molar-refractivity contribution in [2.45, 2.75) is 33.1 Å². The lowest BCUT2D eigenvalue weighted by molar-refractivity contribution is -0.136. The van der Waals surface area contributed by atoms with Crippen molar-refractivity contribution in [3.8, 4) is 0 Å². The third kappa shape index (κ3) is 7.10. The number of hydrogen-bond donors (Lipinski definition) is 1. The van der Waals surface area contributed by atoms with Gasteiger partial charge in [0.15, 0.2) is 0 Å². The highest BCUT2D eigenvalue weighted by molar-refractivity contribution is 5.68. The minimum atomic E-state index is -0.759. The van der Waals surface area contributed by atoms with Gasteiger partial charge in [0.05, 0.1) is 6.42 Å². The van der Waals surface area contributed by atoms with Crippen LogP contribution in [0.4, 0.5) is 0 Å². The van der Waals surface area contributed by atoms with Crippen molar-refractivity contribution in [1.82, 2.24) is 0 Å². The van der Waals surface area contributed by atoms with Gasteiger partial charge in [-0.05, 0) is 12.3 Å². The second-order valence-electron chi connectivity index (χ2n) is 2.79. The molecule has 0 aliphatic rings. The average Bonchev–Trinajstić information content (AvgIpc) is 1.87. The Kier molecular flexibility index (Phi) is 5.53. The van der Waals surface area contributed by atoms with E-state index in [1.54, 1.807) is 6.08 Å². The first kappa shape index (κ1) is 10.2. The van der Waals surface area contributed by atoms with Crippen molar-refractivity contribution in [2.75, 3.05) is 0 Å². The van der Waals surface area contributed by atoms with E-state index >= 15 is 0 Å². The van der Waals surface area contributed by atoms with Crippen LogP contribution in [0.5, 0.6) is 0 Å². The van der Waals surface area contributed by atoms with Gasteiger partial charge in [-0.15, -0.1) is 0 Å². The summed E-state index contributed by atoms with van der Waals surface area (Å²) in [6.07, 6.45) is 6.13. The molecule has 2 nitrogen and oxygen atoms in total. The Balaban J connectivity index is 3.47. The van der Waals surface area contributed by atoms with Gasteiger partial charge in [0.2, 0.25) is 0 Å². The molecule has 0 saturated carbocycles. The molecule has 0 amide bonds. The van der Waals surface area contributed by atoms with E-state index in [1.165, 1.54) is 0 Å². The first-order chi connectivity index (χ1) is 5.16. The molecular weight excluding hydrogens is 140 g/mol. The molecule has 11 heavy (non-hydrogen) atoms. The number of hydrogen-bond acceptors (Lipinski definition) is 1. The molecule has 0 radical (unpaired) electrons. The molecular formula is C9H16O2. The summed E-state index contributed by atoms with van der Waals surface area (Å²) in [7, 11) is 0. The van der Waals surface area contributed by atoms with Gasteiger partial charge in [-0.3, -0.25) is 4.79 Å². The zero-order valence-electron chi connectivity index (χ0n) is 7.21. The first-order valence-electron chi connectivity index (χ1n) is 4.05. The van der Waals surface area contributed by atoms with Gasteiger partial charge < -0.3 is 5.11 Å². The molecule has 0 unspecified atom stereocenters. The molecule has 0 aliphatic carbocycles. The van der Waals surface area contributed by atoms with E-state index in [2.05, 4.69) is 13.8 Å². The molecule has 0 rings (SSSR count). The summed E-state index contributed by atoms with van der Waals surface area (Å²) in [5.41, 5.74) is 0. The Bertz CT molecular complexity index is 138. The standard InChI is InChI=1S/C9H16O2/c1-3-5-8(2)6-4-7-9(10)11/h4,6,8H,3,5,7H2,1-2H3,(H,10,11)/t8-/m1/s1. The van der Waals surface area contributed by atoms with E-state index in [1.807, 2.05) is 6.08 Å². The third-order valence-electron chi connectivity index (χ3n) is 1.50. The van der Waals surface area contributed by atoms with Crippen LogP contribution in [0.2, 0.25) is 0 Å². The molecule has 1 atom stereocenters. The van der Waals surface area contributed by atoms with Crippen LogP contribution < -0.4 is 0 Å². The van der Waals surface area contributed by atoms with Gasteiger partial charge in [0.1, 0.15) is 0 Å². The zero-order chi connectivity index (χ0) is 8.69. The van der Waals surface area contributed by atoms with Crippen molar-refractivity contribution < 1.29 is 9.90 Å². The average molecular weight is 156 g/mol. The molecule has 64 valence electrons. The van der Waals surface area contributed by atoms with Gasteiger partial charge in [-0.1, -0.05) is 32.4 Å². The lowest BCUT2D eigenvalue weighted by atomic mass is 10.1. The molecule has 2 heteroatoms. The summed E-state index contributed by atoms with van der Waals surface area (Å²) >= 11 is 0. The predicted molar refractivity (Wildman–Crippen MR) is 45.5 cm³/mol. The molecule has 1 N–H and O–H groups in total. The highest BCUT2D eigenvalue weighted by atomic mass is 16.4. The molecule has 0 spiro atoms. The number of allylic oxidation sites excluding steroid dienone is 1. The van der Waals surface area contributed by atoms with Crippen molar-refractivity contribution >= 4 is 5.97 Å². The van der Waals surface area contributed by atoms with E-state index in [0.717, 1.165) is 12.8 Å². The summed E-state index contributed by atoms with van der Waals surface area (Å²) < 4.78 is 0. The highest BCUT2D eigenvalue weighted by Crippen LogP contribution is 2.06. The Labute approximate surface area is 67.9 Å². The molecule has 0 bridgehead atoms. The number of rotatable bonds is 5. The van der Waals surface area contributed by atoms with E-state index in [0.29, 0.717) is 5.92 Å². The van der Waals surface area contributed by atoms with Gasteiger partial charge >= 0.3 is 5.97 Å². The second kappa shape index (κ2) is 5.96. The van der Waals surface area contributed by atoms with Crippen LogP contribution in [0.1, 0.15) is 33.1 Å². The van der Waals surface area contributed by atoms with Crippen molar-refractivity contribution in [2.24, 2.45) is 5.92 Å². The van der Waals surface area contributed by atoms with Crippen molar-refractivity contribution in [1.29, 1.82) is 0 Å². The monoisotopic (exact) mass is 156 g/mol. The maximum atomic E-state index is 10.1. The quantitative estimate of drug-likeness (QED) is 0.621. The van der Waals surface area contributed by atoms with Crippen LogP contribution in [-0.2, 0) is 4.79 Å². The largest absolute Gasteiger partial charge is 0.481 e. The molecule has 0 fully saturated rings. The van der Waals surface area contributed by atoms with Crippen LogP contribution in [0.25, 0.3) is 0 Å². The lowest BCUT2D eigenvalue weighted by Gasteiger charge is -2.00. The smallest absolute Gasteiger partial charge is 0.307 e. The summed E-state index contributed by atoms with van der Waals surface area (Å²) in [5.74, 6) is -0.246. The maximum absolute atomic E-state index is 10.1. The fourth-order valence-corrected chi connectivity index (χ4v) is 0.953. The molecule has 0 aromatic carbocycles. The van der Waals surface area contributed by atoms with Crippen LogP contribution in [-0.4, -0.2) is 11.1 Å². The van der Waals surface area contributed by atoms with Crippen LogP contribution in [0.3, 0.4) is 0 Å². The highest BCUT2D eigenvalue weighted by Gasteiger charge is 1.94. The van der Waals surface area contributed by atoms with Crippen molar-refractivity contribution in [3.05, 3.63) is 12.2 Å². The first-order valence-corrected chi connectivity index (χ1v) is 4.05. The lowest BCUT2D eigenvalue weighted by Crippen LogP contribution is -1.92. The molecule has 0 aliphatic heterocycles. The molecule has 0 aromatic heterocycles. The number of carboxylic acids is 1. The molecule has 0 aromatic rings. The molecule has 0 heterocycles. The van der Waals surface area contributed by atoms with E-state index in [4.69, 9.17) is 5.11 Å². The summed E-state index contributed by atoms with van der Waals surface area (Å²) in [6.45, 7) is 4.23. The van der Waals surface area contributed by atoms with Crippen molar-refractivity contribution in [3.63, 3.8) is 0 Å². The van der Waals surface area contributed by atoms with Crippen LogP contribution in [0.15, 0.2) is 12.2 Å². The predicted octanol–water partition coefficient (Wildman–Crippen LogP) is 2.45. The maximum Gasteiger partial charge on any atom is 0.307 e. The number of carboxylic acid groups (broad SMARTS) is 1. The fourth-order valence-electron chi connectivity index (χ4n) is 0.953. The Morgan fingerprint density at radius 2 is 2.27 bits per heavy atom. The van der Waals surface area contributed by atoms with Gasteiger partial charge in [-0.25, -0.2) is 0 Å². The summed E-state index contributed by atoms with van der Waals surface area (Å²) in [6, 6.07) is 0. The van der Waals surface area contributed by atoms with Gasteiger partial charge in [-0.2, -0.15) is 0 Å². The minimum absolute atomic E-state index is 0.147. The summed E-state index contributed by atoms with van der Waals surface area (Å²) in [5, 5.41) is 8.31. The normalized spacial score (nSPS) is 13.6. The van der Waals surface area contributed by atoms with Crippen LogP contribution >= 0.6 is 0 Å². The number of carbonyl (C=O) groups is 1. The number of aliphatic carboxylic acids is 1. The summed E-state index contributed by atoms with van der Waals surface area (Å²) in [4.78, 5) is 10.1.